The Morgan fingerprint density at radius 2 is 1.81 bits per heavy atom. The Labute approximate surface area is 186 Å². The molecule has 0 unspecified atom stereocenters. The summed E-state index contributed by atoms with van der Waals surface area (Å²) in [5.74, 6) is 0.662. The first kappa shape index (κ1) is 21.5. The topological polar surface area (TPSA) is 71.6 Å². The molecule has 1 aliphatic heterocycles. The van der Waals surface area contributed by atoms with Crippen LogP contribution in [0.15, 0.2) is 52.2 Å². The Morgan fingerprint density at radius 3 is 2.55 bits per heavy atom. The Hall–Kier alpha value is -2.74. The molecule has 2 amide bonds. The molecule has 1 fully saturated rings. The molecule has 1 saturated heterocycles. The molecule has 164 valence electrons. The summed E-state index contributed by atoms with van der Waals surface area (Å²) in [4.78, 5) is 33.5. The number of nitrogens with zero attached hydrogens (tertiary/aromatic N) is 4. The molecule has 0 aliphatic carbocycles. The number of unbranched alkanes of at least 4 members (excludes halogenated alkanes) is 2. The number of thioether (sulfide) groups is 1. The number of hydrogen-bond donors (Lipinski definition) is 0. The number of carbonyl (C=O) groups excluding carboxylic acids is 2. The van der Waals surface area contributed by atoms with Crippen molar-refractivity contribution >= 4 is 34.6 Å². The molecule has 3 aromatic rings. The van der Waals surface area contributed by atoms with Crippen LogP contribution in [0.3, 0.4) is 0 Å². The van der Waals surface area contributed by atoms with Crippen molar-refractivity contribution in [2.45, 2.75) is 37.9 Å². The molecule has 3 heterocycles. The van der Waals surface area contributed by atoms with Crippen LogP contribution >= 0.6 is 11.8 Å². The minimum absolute atomic E-state index is 0.0854. The van der Waals surface area contributed by atoms with Crippen molar-refractivity contribution in [3.05, 3.63) is 48.4 Å². The maximum atomic E-state index is 12.8. The number of aryl methyl sites for hydroxylation is 1. The molecule has 31 heavy (non-hydrogen) atoms. The third-order valence-electron chi connectivity index (χ3n) is 5.58. The van der Waals surface area contributed by atoms with Crippen molar-refractivity contribution in [1.29, 1.82) is 0 Å². The van der Waals surface area contributed by atoms with E-state index in [1.54, 1.807) is 17.0 Å². The number of carbonyl (C=O) groups is 2. The van der Waals surface area contributed by atoms with Gasteiger partial charge in [0, 0.05) is 32.7 Å². The van der Waals surface area contributed by atoms with E-state index in [1.807, 2.05) is 23.1 Å². The highest BCUT2D eigenvalue weighted by Gasteiger charge is 2.26. The van der Waals surface area contributed by atoms with Gasteiger partial charge in [-0.25, -0.2) is 4.98 Å². The lowest BCUT2D eigenvalue weighted by atomic mass is 10.2. The van der Waals surface area contributed by atoms with Crippen molar-refractivity contribution in [2.24, 2.45) is 0 Å². The predicted molar refractivity (Wildman–Crippen MR) is 121 cm³/mol. The number of para-hydroxylation sites is 2. The van der Waals surface area contributed by atoms with Crippen molar-refractivity contribution in [3.63, 3.8) is 0 Å². The number of imidazole rings is 1. The standard InChI is InChI=1S/C23H28N4O3S/c1-2-3-6-11-27-19-9-5-4-8-18(19)24-23(27)31-17-21(28)25-12-14-26(15-13-25)22(29)20-10-7-16-30-20/h4-5,7-10,16H,2-3,6,11-15,17H2,1H3. The van der Waals surface area contributed by atoms with Crippen molar-refractivity contribution in [2.75, 3.05) is 31.9 Å². The van der Waals surface area contributed by atoms with Crippen LogP contribution in [0.4, 0.5) is 0 Å². The van der Waals surface area contributed by atoms with E-state index in [-0.39, 0.29) is 11.8 Å². The van der Waals surface area contributed by atoms with E-state index in [0.717, 1.165) is 29.2 Å². The van der Waals surface area contributed by atoms with E-state index in [9.17, 15) is 9.59 Å². The van der Waals surface area contributed by atoms with Gasteiger partial charge in [0.2, 0.25) is 5.91 Å². The molecule has 7 nitrogen and oxygen atoms in total. The first-order valence-electron chi connectivity index (χ1n) is 10.9. The van der Waals surface area contributed by atoms with Crippen LogP contribution in [-0.2, 0) is 11.3 Å². The lowest BCUT2D eigenvalue weighted by molar-refractivity contribution is -0.129. The average Bonchev–Trinajstić information content (AvgIpc) is 3.46. The minimum Gasteiger partial charge on any atom is -0.459 e. The minimum atomic E-state index is -0.118. The SMILES string of the molecule is CCCCCn1c(SCC(=O)N2CCN(C(=O)c3ccco3)CC2)nc2ccccc21. The molecule has 2 aromatic heterocycles. The fourth-order valence-corrected chi connectivity index (χ4v) is 4.78. The second kappa shape index (κ2) is 10.0. The summed E-state index contributed by atoms with van der Waals surface area (Å²) >= 11 is 1.50. The molecule has 4 rings (SSSR count). The van der Waals surface area contributed by atoms with Gasteiger partial charge in [0.05, 0.1) is 23.0 Å². The van der Waals surface area contributed by atoms with Gasteiger partial charge in [-0.15, -0.1) is 0 Å². The predicted octanol–water partition coefficient (Wildman–Crippen LogP) is 3.90. The third kappa shape index (κ3) is 4.95. The van der Waals surface area contributed by atoms with Crippen LogP contribution in [0.5, 0.6) is 0 Å². The van der Waals surface area contributed by atoms with Crippen LogP contribution < -0.4 is 0 Å². The highest BCUT2D eigenvalue weighted by atomic mass is 32.2. The van der Waals surface area contributed by atoms with Gasteiger partial charge in [0.15, 0.2) is 10.9 Å². The summed E-state index contributed by atoms with van der Waals surface area (Å²) in [5.41, 5.74) is 2.10. The summed E-state index contributed by atoms with van der Waals surface area (Å²) in [5, 5.41) is 0.900. The third-order valence-corrected chi connectivity index (χ3v) is 6.54. The number of fused-ring (bicyclic) bond motifs is 1. The van der Waals surface area contributed by atoms with E-state index in [4.69, 9.17) is 9.40 Å². The number of aromatic nitrogens is 2. The molecule has 0 atom stereocenters. The first-order valence-corrected chi connectivity index (χ1v) is 11.8. The summed E-state index contributed by atoms with van der Waals surface area (Å²) in [7, 11) is 0. The maximum Gasteiger partial charge on any atom is 0.289 e. The van der Waals surface area contributed by atoms with Gasteiger partial charge in [-0.2, -0.15) is 0 Å². The highest BCUT2D eigenvalue weighted by Crippen LogP contribution is 2.25. The Morgan fingerprint density at radius 1 is 1.03 bits per heavy atom. The second-order valence-corrected chi connectivity index (χ2v) is 8.62. The zero-order valence-corrected chi connectivity index (χ0v) is 18.6. The zero-order valence-electron chi connectivity index (χ0n) is 17.8. The van der Waals surface area contributed by atoms with E-state index < -0.39 is 0 Å². The quantitative estimate of drug-likeness (QED) is 0.392. The van der Waals surface area contributed by atoms with Gasteiger partial charge in [-0.05, 0) is 30.7 Å². The fraction of sp³-hybridized carbons (Fsp3) is 0.435. The van der Waals surface area contributed by atoms with Crippen molar-refractivity contribution < 1.29 is 14.0 Å². The number of hydrogen-bond acceptors (Lipinski definition) is 5. The number of benzene rings is 1. The molecular weight excluding hydrogens is 412 g/mol. The van der Waals surface area contributed by atoms with Gasteiger partial charge in [-0.1, -0.05) is 43.7 Å². The van der Waals surface area contributed by atoms with Crippen LogP contribution in [0.1, 0.15) is 36.7 Å². The van der Waals surface area contributed by atoms with Crippen LogP contribution in [0, 0.1) is 0 Å². The maximum absolute atomic E-state index is 12.8. The Kier molecular flexibility index (Phi) is 6.96. The fourth-order valence-electron chi connectivity index (χ4n) is 3.83. The summed E-state index contributed by atoms with van der Waals surface area (Å²) < 4.78 is 7.44. The number of piperazine rings is 1. The Bertz CT molecular complexity index is 1020. The van der Waals surface area contributed by atoms with Gasteiger partial charge in [-0.3, -0.25) is 9.59 Å². The smallest absolute Gasteiger partial charge is 0.289 e. The van der Waals surface area contributed by atoms with Crippen LogP contribution in [0.25, 0.3) is 11.0 Å². The molecule has 1 aliphatic rings. The van der Waals surface area contributed by atoms with E-state index in [1.165, 1.54) is 30.9 Å². The number of amides is 2. The summed E-state index contributed by atoms with van der Waals surface area (Å²) in [6.45, 7) is 5.23. The van der Waals surface area contributed by atoms with E-state index >= 15 is 0 Å². The monoisotopic (exact) mass is 440 g/mol. The zero-order chi connectivity index (χ0) is 21.6. The second-order valence-electron chi connectivity index (χ2n) is 7.68. The number of rotatable bonds is 8. The lowest BCUT2D eigenvalue weighted by Gasteiger charge is -2.34. The van der Waals surface area contributed by atoms with Crippen molar-refractivity contribution in [3.8, 4) is 0 Å². The molecule has 8 heteroatoms. The summed E-state index contributed by atoms with van der Waals surface area (Å²) in [6.07, 6.45) is 4.95. The molecule has 0 saturated carbocycles. The van der Waals surface area contributed by atoms with E-state index in [2.05, 4.69) is 17.6 Å². The normalized spacial score (nSPS) is 14.4. The molecule has 0 radical (unpaired) electrons. The Balaban J connectivity index is 1.34. The van der Waals surface area contributed by atoms with Gasteiger partial charge >= 0.3 is 0 Å². The molecule has 0 N–H and O–H groups in total. The van der Waals surface area contributed by atoms with Gasteiger partial charge in [0.1, 0.15) is 0 Å². The first-order chi connectivity index (χ1) is 15.2. The lowest BCUT2D eigenvalue weighted by Crippen LogP contribution is -2.51. The average molecular weight is 441 g/mol. The number of furan rings is 1. The van der Waals surface area contributed by atoms with Gasteiger partial charge < -0.3 is 18.8 Å². The van der Waals surface area contributed by atoms with E-state index in [0.29, 0.717) is 37.7 Å². The highest BCUT2D eigenvalue weighted by molar-refractivity contribution is 7.99. The molecule has 0 spiro atoms. The van der Waals surface area contributed by atoms with Gasteiger partial charge in [0.25, 0.3) is 5.91 Å². The van der Waals surface area contributed by atoms with Crippen LogP contribution in [-0.4, -0.2) is 63.1 Å². The van der Waals surface area contributed by atoms with Crippen molar-refractivity contribution in [1.82, 2.24) is 19.4 Å². The largest absolute Gasteiger partial charge is 0.459 e. The molecular formula is C23H28N4O3S. The molecule has 1 aromatic carbocycles. The molecule has 0 bridgehead atoms. The van der Waals surface area contributed by atoms with Crippen LogP contribution in [0.2, 0.25) is 0 Å². The summed E-state index contributed by atoms with van der Waals surface area (Å²) in [6, 6.07) is 11.5.